The number of carboxylic acid groups (broad SMARTS) is 1. The number of sulfonamides is 1. The lowest BCUT2D eigenvalue weighted by Gasteiger charge is -2.10. The largest absolute Gasteiger partial charge is 0.496 e. The van der Waals surface area contributed by atoms with Gasteiger partial charge in [0.1, 0.15) is 10.8 Å². The summed E-state index contributed by atoms with van der Waals surface area (Å²) in [5.41, 5.74) is 5.36. The summed E-state index contributed by atoms with van der Waals surface area (Å²) >= 11 is 16.6. The number of carboxylic acids is 1. The van der Waals surface area contributed by atoms with Crippen molar-refractivity contribution in [3.05, 3.63) is 80.6 Å². The number of pyridine rings is 1. The number of nitrogens with zero attached hydrogens (tertiary/aromatic N) is 1. The first-order valence-corrected chi connectivity index (χ1v) is 13.6. The lowest BCUT2D eigenvalue weighted by atomic mass is 10.2. The van der Waals surface area contributed by atoms with E-state index in [0.29, 0.717) is 5.56 Å². The van der Waals surface area contributed by atoms with Gasteiger partial charge in [0.2, 0.25) is 0 Å². The number of hydrogen-bond acceptors (Lipinski definition) is 8. The van der Waals surface area contributed by atoms with Gasteiger partial charge in [-0.2, -0.15) is 0 Å². The van der Waals surface area contributed by atoms with Crippen LogP contribution in [0.4, 0.5) is 5.69 Å². The normalized spacial score (nSPS) is 12.5. The third kappa shape index (κ3) is 7.51. The number of benzene rings is 2. The average Bonchev–Trinajstić information content (AvgIpc) is 3.73. The van der Waals surface area contributed by atoms with E-state index in [0.717, 1.165) is 12.8 Å². The first-order valence-electron chi connectivity index (χ1n) is 11.0. The van der Waals surface area contributed by atoms with Crippen LogP contribution in [0.5, 0.6) is 5.75 Å². The monoisotopic (exact) mass is 614 g/mol. The molecule has 2 amide bonds. The second kappa shape index (κ2) is 12.5. The van der Waals surface area contributed by atoms with E-state index in [9.17, 15) is 22.8 Å². The van der Waals surface area contributed by atoms with Gasteiger partial charge in [0, 0.05) is 11.6 Å². The number of nitrogens with one attached hydrogen (secondary N) is 2. The van der Waals surface area contributed by atoms with Gasteiger partial charge in [-0.15, -0.1) is 0 Å². The number of anilines is 1. The second-order valence-electron chi connectivity index (χ2n) is 8.01. The fourth-order valence-corrected chi connectivity index (χ4v) is 4.58. The Kier molecular flexibility index (Phi) is 9.62. The molecule has 1 aliphatic rings. The number of carbonyl (C=O) groups is 3. The van der Waals surface area contributed by atoms with Gasteiger partial charge >= 0.3 is 5.97 Å². The first kappa shape index (κ1) is 30.0. The zero-order valence-corrected chi connectivity index (χ0v) is 23.2. The maximum absolute atomic E-state index is 12.4. The standard InChI is InChI=1S/C18H18N2O5S.C6H3Cl3N2O2/c1-25-16-5-3-2-4-15(16)18(22)20-26(23,24)14-10-6-12(7-11-14)17(21)19-13-8-9-13;7-1-3(10)2(8)5(9)11-4(1)6(12)13/h2-7,10-11,13H,8-9H2,1H3,(H,19,21)(H,20,22);(H2,10,11)(H,12,13). The van der Waals surface area contributed by atoms with Crippen molar-refractivity contribution < 1.29 is 32.6 Å². The zero-order chi connectivity index (χ0) is 28.9. The summed E-state index contributed by atoms with van der Waals surface area (Å²) in [6.45, 7) is 0. The molecule has 1 aromatic heterocycles. The molecule has 0 atom stereocenters. The maximum Gasteiger partial charge on any atom is 0.356 e. The summed E-state index contributed by atoms with van der Waals surface area (Å²) in [6.07, 6.45) is 1.93. The third-order valence-corrected chi connectivity index (χ3v) is 7.67. The van der Waals surface area contributed by atoms with E-state index < -0.39 is 27.6 Å². The van der Waals surface area contributed by atoms with E-state index in [1.165, 1.54) is 37.4 Å². The molecule has 0 spiro atoms. The molecule has 0 radical (unpaired) electrons. The lowest BCUT2D eigenvalue weighted by molar-refractivity contribution is 0.0690. The van der Waals surface area contributed by atoms with Crippen molar-refractivity contribution >= 4 is 68.3 Å². The van der Waals surface area contributed by atoms with E-state index in [-0.39, 0.29) is 49.0 Å². The van der Waals surface area contributed by atoms with Crippen LogP contribution >= 0.6 is 34.8 Å². The number of nitrogen functional groups attached to an aromatic ring is 1. The van der Waals surface area contributed by atoms with E-state index in [4.69, 9.17) is 50.4 Å². The van der Waals surface area contributed by atoms with Gasteiger partial charge in [0.25, 0.3) is 21.8 Å². The molecule has 3 aromatic rings. The Bertz CT molecular complexity index is 1530. The van der Waals surface area contributed by atoms with Crippen LogP contribution in [0.1, 0.15) is 44.0 Å². The van der Waals surface area contributed by atoms with Gasteiger partial charge in [-0.05, 0) is 49.2 Å². The first-order chi connectivity index (χ1) is 18.4. The Morgan fingerprint density at radius 3 is 2.18 bits per heavy atom. The number of aromatic nitrogens is 1. The Morgan fingerprint density at radius 1 is 1.00 bits per heavy atom. The van der Waals surface area contributed by atoms with Crippen molar-refractivity contribution in [3.8, 4) is 5.75 Å². The lowest BCUT2D eigenvalue weighted by Crippen LogP contribution is -2.31. The Hall–Kier alpha value is -3.58. The molecule has 2 aromatic carbocycles. The van der Waals surface area contributed by atoms with Crippen LogP contribution in [0.2, 0.25) is 15.2 Å². The predicted molar refractivity (Wildman–Crippen MR) is 145 cm³/mol. The van der Waals surface area contributed by atoms with Crippen LogP contribution in [0.3, 0.4) is 0 Å². The number of aromatic carboxylic acids is 1. The third-order valence-electron chi connectivity index (χ3n) is 5.19. The minimum Gasteiger partial charge on any atom is -0.496 e. The van der Waals surface area contributed by atoms with E-state index in [1.54, 1.807) is 18.2 Å². The SMILES string of the molecule is COc1ccccc1C(=O)NS(=O)(=O)c1ccc(C(=O)NC2CC2)cc1.Nc1c(Cl)c(Cl)nc(C(=O)O)c1Cl. The van der Waals surface area contributed by atoms with Crippen LogP contribution in [-0.4, -0.2) is 49.4 Å². The number of para-hydroxylation sites is 1. The number of amides is 2. The molecule has 1 saturated carbocycles. The molecule has 1 aliphatic carbocycles. The topological polar surface area (TPSA) is 178 Å². The number of methoxy groups -OCH3 is 1. The molecule has 0 aliphatic heterocycles. The van der Waals surface area contributed by atoms with E-state index >= 15 is 0 Å². The Balaban J connectivity index is 0.000000272. The van der Waals surface area contributed by atoms with E-state index in [1.807, 2.05) is 4.72 Å². The van der Waals surface area contributed by atoms with Gasteiger partial charge in [-0.25, -0.2) is 22.9 Å². The summed E-state index contributed by atoms with van der Waals surface area (Å²) in [6, 6.07) is 11.9. The van der Waals surface area contributed by atoms with Crippen molar-refractivity contribution in [2.24, 2.45) is 0 Å². The number of halogens is 3. The van der Waals surface area contributed by atoms with Crippen molar-refractivity contribution in [1.82, 2.24) is 15.0 Å². The maximum atomic E-state index is 12.4. The van der Waals surface area contributed by atoms with Gasteiger partial charge < -0.3 is 20.9 Å². The van der Waals surface area contributed by atoms with Gasteiger partial charge in [0.05, 0.1) is 28.3 Å². The summed E-state index contributed by atoms with van der Waals surface area (Å²) in [4.78, 5) is 38.1. The van der Waals surface area contributed by atoms with Gasteiger partial charge in [-0.1, -0.05) is 46.9 Å². The van der Waals surface area contributed by atoms with Crippen molar-refractivity contribution in [2.45, 2.75) is 23.8 Å². The molecule has 1 fully saturated rings. The van der Waals surface area contributed by atoms with Crippen LogP contribution in [0.25, 0.3) is 0 Å². The van der Waals surface area contributed by atoms with Crippen LogP contribution in [-0.2, 0) is 10.0 Å². The fraction of sp³-hybridized carbons (Fsp3) is 0.167. The molecular formula is C24H21Cl3N4O7S. The summed E-state index contributed by atoms with van der Waals surface area (Å²) < 4.78 is 31.9. The van der Waals surface area contributed by atoms with Crippen molar-refractivity contribution in [1.29, 1.82) is 0 Å². The highest BCUT2D eigenvalue weighted by Gasteiger charge is 2.25. The molecule has 39 heavy (non-hydrogen) atoms. The predicted octanol–water partition coefficient (Wildman–Crippen LogP) is 4.03. The van der Waals surface area contributed by atoms with E-state index in [2.05, 4.69) is 10.3 Å². The molecule has 4 rings (SSSR count). The quantitative estimate of drug-likeness (QED) is 0.286. The average molecular weight is 616 g/mol. The van der Waals surface area contributed by atoms with Crippen LogP contribution in [0, 0.1) is 0 Å². The number of nitrogens with two attached hydrogens (primary N) is 1. The van der Waals surface area contributed by atoms with Crippen molar-refractivity contribution in [3.63, 3.8) is 0 Å². The minimum absolute atomic E-state index is 0.0448. The molecule has 206 valence electrons. The molecule has 15 heteroatoms. The summed E-state index contributed by atoms with van der Waals surface area (Å²) in [5, 5.41) is 11.0. The molecule has 5 N–H and O–H groups in total. The zero-order valence-electron chi connectivity index (χ0n) is 20.1. The Morgan fingerprint density at radius 2 is 1.62 bits per heavy atom. The van der Waals surface area contributed by atoms with Crippen LogP contribution < -0.4 is 20.5 Å². The minimum atomic E-state index is -4.07. The van der Waals surface area contributed by atoms with Crippen LogP contribution in [0.15, 0.2) is 53.4 Å². The highest BCUT2D eigenvalue weighted by atomic mass is 35.5. The molecular weight excluding hydrogens is 595 g/mol. The number of ether oxygens (including phenoxy) is 1. The Labute approximate surface area is 238 Å². The number of carbonyl (C=O) groups excluding carboxylic acids is 2. The molecule has 0 unspecified atom stereocenters. The second-order valence-corrected chi connectivity index (χ2v) is 10.8. The van der Waals surface area contributed by atoms with Crippen molar-refractivity contribution in [2.75, 3.05) is 12.8 Å². The molecule has 0 bridgehead atoms. The summed E-state index contributed by atoms with van der Waals surface area (Å²) in [5.74, 6) is -2.07. The number of hydrogen-bond donors (Lipinski definition) is 4. The molecule has 11 nitrogen and oxygen atoms in total. The fourth-order valence-electron chi connectivity index (χ4n) is 3.02. The number of rotatable bonds is 7. The smallest absolute Gasteiger partial charge is 0.356 e. The van der Waals surface area contributed by atoms with Gasteiger partial charge in [-0.3, -0.25) is 9.59 Å². The summed E-state index contributed by atoms with van der Waals surface area (Å²) in [7, 11) is -2.68. The molecule has 1 heterocycles. The molecule has 0 saturated heterocycles. The van der Waals surface area contributed by atoms with Gasteiger partial charge in [0.15, 0.2) is 10.8 Å². The highest BCUT2D eigenvalue weighted by Crippen LogP contribution is 2.34. The highest BCUT2D eigenvalue weighted by molar-refractivity contribution is 7.90.